The molecule has 1 aliphatic heterocycles. The quantitative estimate of drug-likeness (QED) is 0.748. The predicted molar refractivity (Wildman–Crippen MR) is 104 cm³/mol. The lowest BCUT2D eigenvalue weighted by molar-refractivity contribution is -0.132. The summed E-state index contributed by atoms with van der Waals surface area (Å²) in [5.74, 6) is 1.79. The van der Waals surface area contributed by atoms with E-state index in [9.17, 15) is 4.79 Å². The second-order valence-corrected chi connectivity index (χ2v) is 7.13. The van der Waals surface area contributed by atoms with Gasteiger partial charge in [0.2, 0.25) is 5.91 Å². The van der Waals surface area contributed by atoms with Gasteiger partial charge in [0, 0.05) is 25.4 Å². The number of imidazole rings is 1. The van der Waals surface area contributed by atoms with Crippen LogP contribution in [-0.2, 0) is 11.2 Å². The molecule has 134 valence electrons. The standard InChI is InChI=1S/C22H25N3O/c26-21(12-6-9-17-7-2-1-3-8-17)25-15-13-18(14-16-25)22-23-19-10-4-5-11-20(19)24-22/h1-5,7-8,10-11,18H,6,9,12-16H2,(H,23,24). The van der Waals surface area contributed by atoms with Gasteiger partial charge in [-0.25, -0.2) is 4.98 Å². The van der Waals surface area contributed by atoms with Crippen molar-refractivity contribution >= 4 is 16.9 Å². The molecule has 0 bridgehead atoms. The van der Waals surface area contributed by atoms with Crippen LogP contribution in [0.2, 0.25) is 0 Å². The number of hydrogen-bond acceptors (Lipinski definition) is 2. The summed E-state index contributed by atoms with van der Waals surface area (Å²) in [6.07, 6.45) is 4.52. The maximum Gasteiger partial charge on any atom is 0.222 e. The van der Waals surface area contributed by atoms with Crippen LogP contribution < -0.4 is 0 Å². The van der Waals surface area contributed by atoms with E-state index < -0.39 is 0 Å². The summed E-state index contributed by atoms with van der Waals surface area (Å²) in [6, 6.07) is 18.6. The SMILES string of the molecule is O=C(CCCc1ccccc1)N1CCC(c2nc3ccccc3[nH]2)CC1. The number of aryl methyl sites for hydroxylation is 1. The third-order valence-electron chi connectivity index (χ3n) is 5.34. The molecule has 1 N–H and O–H groups in total. The Hall–Kier alpha value is -2.62. The van der Waals surface area contributed by atoms with Gasteiger partial charge in [0.25, 0.3) is 0 Å². The first-order valence-corrected chi connectivity index (χ1v) is 9.56. The molecule has 1 fully saturated rings. The van der Waals surface area contributed by atoms with E-state index in [0.29, 0.717) is 18.2 Å². The number of H-pyrrole nitrogens is 1. The van der Waals surface area contributed by atoms with E-state index in [0.717, 1.165) is 55.6 Å². The van der Waals surface area contributed by atoms with Gasteiger partial charge in [-0.1, -0.05) is 42.5 Å². The Labute approximate surface area is 154 Å². The van der Waals surface area contributed by atoms with E-state index >= 15 is 0 Å². The average Bonchev–Trinajstić information content (AvgIpc) is 3.13. The molecule has 2 aromatic carbocycles. The van der Waals surface area contributed by atoms with Crippen LogP contribution >= 0.6 is 0 Å². The number of carbonyl (C=O) groups is 1. The number of carbonyl (C=O) groups excluding carboxylic acids is 1. The van der Waals surface area contributed by atoms with Crippen molar-refractivity contribution in [3.05, 3.63) is 66.0 Å². The number of aromatic nitrogens is 2. The Morgan fingerprint density at radius 2 is 1.77 bits per heavy atom. The molecule has 0 atom stereocenters. The fraction of sp³-hybridized carbons (Fsp3) is 0.364. The van der Waals surface area contributed by atoms with Gasteiger partial charge in [-0.2, -0.15) is 0 Å². The highest BCUT2D eigenvalue weighted by Crippen LogP contribution is 2.28. The normalized spacial score (nSPS) is 15.5. The molecule has 2 heterocycles. The van der Waals surface area contributed by atoms with Crippen LogP contribution in [0.15, 0.2) is 54.6 Å². The second-order valence-electron chi connectivity index (χ2n) is 7.13. The van der Waals surface area contributed by atoms with Crippen molar-refractivity contribution in [1.82, 2.24) is 14.9 Å². The zero-order valence-electron chi connectivity index (χ0n) is 15.0. The Kier molecular flexibility index (Phi) is 5.00. The smallest absolute Gasteiger partial charge is 0.222 e. The van der Waals surface area contributed by atoms with Crippen LogP contribution in [-0.4, -0.2) is 33.9 Å². The highest BCUT2D eigenvalue weighted by molar-refractivity contribution is 5.76. The zero-order valence-corrected chi connectivity index (χ0v) is 15.0. The summed E-state index contributed by atoms with van der Waals surface area (Å²) < 4.78 is 0. The first-order valence-electron chi connectivity index (χ1n) is 9.56. The fourth-order valence-corrected chi connectivity index (χ4v) is 3.81. The molecule has 4 nitrogen and oxygen atoms in total. The summed E-state index contributed by atoms with van der Waals surface area (Å²) in [6.45, 7) is 1.68. The summed E-state index contributed by atoms with van der Waals surface area (Å²) in [5, 5.41) is 0. The summed E-state index contributed by atoms with van der Waals surface area (Å²) in [7, 11) is 0. The van der Waals surface area contributed by atoms with Gasteiger partial charge in [-0.15, -0.1) is 0 Å². The van der Waals surface area contributed by atoms with Crippen LogP contribution in [0.5, 0.6) is 0 Å². The van der Waals surface area contributed by atoms with E-state index in [4.69, 9.17) is 4.98 Å². The molecule has 4 heteroatoms. The monoisotopic (exact) mass is 347 g/mol. The van der Waals surface area contributed by atoms with Crippen molar-refractivity contribution < 1.29 is 4.79 Å². The predicted octanol–water partition coefficient (Wildman–Crippen LogP) is 4.29. The lowest BCUT2D eigenvalue weighted by Crippen LogP contribution is -2.38. The number of piperidine rings is 1. The van der Waals surface area contributed by atoms with Gasteiger partial charge in [0.15, 0.2) is 0 Å². The minimum Gasteiger partial charge on any atom is -0.343 e. The van der Waals surface area contributed by atoms with Crippen LogP contribution in [0.3, 0.4) is 0 Å². The Morgan fingerprint density at radius 1 is 1.04 bits per heavy atom. The molecule has 0 aliphatic carbocycles. The van der Waals surface area contributed by atoms with Crippen LogP contribution in [0.4, 0.5) is 0 Å². The number of rotatable bonds is 5. The van der Waals surface area contributed by atoms with E-state index in [1.54, 1.807) is 0 Å². The largest absolute Gasteiger partial charge is 0.343 e. The number of amides is 1. The molecule has 26 heavy (non-hydrogen) atoms. The summed E-state index contributed by atoms with van der Waals surface area (Å²) in [4.78, 5) is 22.7. The number of benzene rings is 2. The maximum absolute atomic E-state index is 12.5. The molecule has 0 unspecified atom stereocenters. The number of fused-ring (bicyclic) bond motifs is 1. The zero-order chi connectivity index (χ0) is 17.8. The van der Waals surface area contributed by atoms with E-state index in [1.165, 1.54) is 5.56 Å². The number of nitrogens with zero attached hydrogens (tertiary/aromatic N) is 2. The Bertz CT molecular complexity index is 830. The Balaban J connectivity index is 1.27. The van der Waals surface area contributed by atoms with Crippen LogP contribution in [0, 0.1) is 0 Å². The molecule has 1 saturated heterocycles. The van der Waals surface area contributed by atoms with Crippen molar-refractivity contribution in [1.29, 1.82) is 0 Å². The molecule has 1 aromatic heterocycles. The molecule has 1 amide bonds. The van der Waals surface area contributed by atoms with Gasteiger partial charge in [0.05, 0.1) is 11.0 Å². The number of hydrogen-bond donors (Lipinski definition) is 1. The fourth-order valence-electron chi connectivity index (χ4n) is 3.81. The lowest BCUT2D eigenvalue weighted by atomic mass is 9.95. The Morgan fingerprint density at radius 3 is 2.54 bits per heavy atom. The van der Waals surface area contributed by atoms with Gasteiger partial charge >= 0.3 is 0 Å². The van der Waals surface area contributed by atoms with Crippen LogP contribution in [0.1, 0.15) is 43.0 Å². The highest BCUT2D eigenvalue weighted by Gasteiger charge is 2.25. The topological polar surface area (TPSA) is 49.0 Å². The molecule has 3 aromatic rings. The molecular weight excluding hydrogens is 322 g/mol. The minimum atomic E-state index is 0.295. The van der Waals surface area contributed by atoms with Crippen molar-refractivity contribution in [3.8, 4) is 0 Å². The molecule has 0 saturated carbocycles. The molecule has 1 aliphatic rings. The number of aromatic amines is 1. The maximum atomic E-state index is 12.5. The van der Waals surface area contributed by atoms with Crippen molar-refractivity contribution in [2.45, 2.75) is 38.0 Å². The van der Waals surface area contributed by atoms with E-state index in [2.05, 4.69) is 35.3 Å². The van der Waals surface area contributed by atoms with Crippen molar-refractivity contribution in [2.75, 3.05) is 13.1 Å². The van der Waals surface area contributed by atoms with Gasteiger partial charge in [-0.3, -0.25) is 4.79 Å². The molecule has 0 spiro atoms. The third kappa shape index (κ3) is 3.79. The molecular formula is C22H25N3O. The van der Waals surface area contributed by atoms with Crippen molar-refractivity contribution in [3.63, 3.8) is 0 Å². The van der Waals surface area contributed by atoms with Gasteiger partial charge in [0.1, 0.15) is 5.82 Å². The average molecular weight is 347 g/mol. The lowest BCUT2D eigenvalue weighted by Gasteiger charge is -2.31. The van der Waals surface area contributed by atoms with Gasteiger partial charge in [-0.05, 0) is 43.4 Å². The third-order valence-corrected chi connectivity index (χ3v) is 5.34. The van der Waals surface area contributed by atoms with Crippen molar-refractivity contribution in [2.24, 2.45) is 0 Å². The summed E-state index contributed by atoms with van der Waals surface area (Å²) >= 11 is 0. The van der Waals surface area contributed by atoms with E-state index in [1.807, 2.05) is 29.2 Å². The number of para-hydroxylation sites is 2. The minimum absolute atomic E-state index is 0.295. The van der Waals surface area contributed by atoms with Crippen LogP contribution in [0.25, 0.3) is 11.0 Å². The summed E-state index contributed by atoms with van der Waals surface area (Å²) in [5.41, 5.74) is 3.44. The highest BCUT2D eigenvalue weighted by atomic mass is 16.2. The second kappa shape index (κ2) is 7.73. The van der Waals surface area contributed by atoms with Gasteiger partial charge < -0.3 is 9.88 Å². The first-order chi connectivity index (χ1) is 12.8. The number of nitrogens with one attached hydrogen (secondary N) is 1. The first kappa shape index (κ1) is 16.8. The molecule has 4 rings (SSSR count). The molecule has 0 radical (unpaired) electrons. The number of likely N-dealkylation sites (tertiary alicyclic amines) is 1. The van der Waals surface area contributed by atoms with E-state index in [-0.39, 0.29) is 0 Å².